The number of ether oxygens (including phenoxy) is 2. The van der Waals surface area contributed by atoms with Crippen molar-refractivity contribution in [1.29, 1.82) is 0 Å². The average Bonchev–Trinajstić information content (AvgIpc) is 2.54. The normalized spacial score (nSPS) is 10.8. The lowest BCUT2D eigenvalue weighted by Crippen LogP contribution is -1.97. The van der Waals surface area contributed by atoms with E-state index in [1.165, 1.54) is 0 Å². The van der Waals surface area contributed by atoms with Crippen LogP contribution < -0.4 is 9.47 Å². The van der Waals surface area contributed by atoms with Gasteiger partial charge in [0.1, 0.15) is 11.5 Å². The second kappa shape index (κ2) is 7.48. The average molecular weight is 283 g/mol. The van der Waals surface area contributed by atoms with Gasteiger partial charge >= 0.3 is 0 Å². The molecule has 0 aliphatic rings. The molecule has 1 aromatic carbocycles. The fourth-order valence-electron chi connectivity index (χ4n) is 2.25. The van der Waals surface area contributed by atoms with Gasteiger partial charge in [-0.1, -0.05) is 25.5 Å². The lowest BCUT2D eigenvalue weighted by atomic mass is 10.0. The van der Waals surface area contributed by atoms with Crippen LogP contribution in [0.25, 0.3) is 12.2 Å². The lowest BCUT2D eigenvalue weighted by molar-refractivity contribution is 0.385. The molecule has 1 heterocycles. The molecule has 0 saturated carbocycles. The predicted octanol–water partition coefficient (Wildman–Crippen LogP) is 4.22. The Morgan fingerprint density at radius 2 is 1.76 bits per heavy atom. The molecular formula is C18H21NO2. The van der Waals surface area contributed by atoms with Crippen molar-refractivity contribution in [3.63, 3.8) is 0 Å². The molecular weight excluding hydrogens is 262 g/mol. The van der Waals surface area contributed by atoms with Gasteiger partial charge in [0.25, 0.3) is 0 Å². The van der Waals surface area contributed by atoms with Crippen LogP contribution in [-0.4, -0.2) is 19.2 Å². The van der Waals surface area contributed by atoms with Crippen molar-refractivity contribution in [1.82, 2.24) is 4.98 Å². The van der Waals surface area contributed by atoms with E-state index in [0.29, 0.717) is 0 Å². The summed E-state index contributed by atoms with van der Waals surface area (Å²) < 4.78 is 11.0. The van der Waals surface area contributed by atoms with Crippen LogP contribution in [0.5, 0.6) is 11.5 Å². The summed E-state index contributed by atoms with van der Waals surface area (Å²) in [7, 11) is 3.39. The molecule has 110 valence electrons. The first-order valence-corrected chi connectivity index (χ1v) is 7.12. The molecule has 0 spiro atoms. The molecule has 21 heavy (non-hydrogen) atoms. The van der Waals surface area contributed by atoms with E-state index in [-0.39, 0.29) is 0 Å². The summed E-state index contributed by atoms with van der Waals surface area (Å²) in [5.74, 6) is 1.74. The van der Waals surface area contributed by atoms with Crippen LogP contribution in [0.2, 0.25) is 0 Å². The van der Waals surface area contributed by atoms with Crippen molar-refractivity contribution in [2.24, 2.45) is 0 Å². The molecule has 0 aliphatic heterocycles. The summed E-state index contributed by atoms with van der Waals surface area (Å²) in [6.07, 6.45) is 7.77. The summed E-state index contributed by atoms with van der Waals surface area (Å²) in [6, 6.07) is 9.91. The largest absolute Gasteiger partial charge is 0.496 e. The van der Waals surface area contributed by atoms with Crippen LogP contribution in [0.3, 0.4) is 0 Å². The molecule has 0 fully saturated rings. The van der Waals surface area contributed by atoms with Gasteiger partial charge in [-0.3, -0.25) is 4.98 Å². The Morgan fingerprint density at radius 3 is 2.29 bits per heavy atom. The third-order valence-electron chi connectivity index (χ3n) is 3.26. The second-order valence-electron chi connectivity index (χ2n) is 4.74. The van der Waals surface area contributed by atoms with Crippen LogP contribution >= 0.6 is 0 Å². The summed E-state index contributed by atoms with van der Waals surface area (Å²) in [4.78, 5) is 4.28. The Balaban J connectivity index is 2.34. The van der Waals surface area contributed by atoms with Crippen molar-refractivity contribution in [2.45, 2.75) is 19.8 Å². The van der Waals surface area contributed by atoms with Gasteiger partial charge in [0.05, 0.1) is 19.9 Å². The number of pyridine rings is 1. The van der Waals surface area contributed by atoms with E-state index in [1.807, 2.05) is 42.5 Å². The molecule has 0 saturated heterocycles. The van der Waals surface area contributed by atoms with E-state index in [9.17, 15) is 0 Å². The molecule has 0 amide bonds. The van der Waals surface area contributed by atoms with E-state index >= 15 is 0 Å². The number of benzene rings is 1. The molecule has 0 N–H and O–H groups in total. The fraction of sp³-hybridized carbons (Fsp3) is 0.278. The van der Waals surface area contributed by atoms with Crippen LogP contribution in [0, 0.1) is 0 Å². The number of hydrogen-bond donors (Lipinski definition) is 0. The highest BCUT2D eigenvalue weighted by Gasteiger charge is 2.10. The number of hydrogen-bond acceptors (Lipinski definition) is 3. The van der Waals surface area contributed by atoms with Gasteiger partial charge in [0.15, 0.2) is 0 Å². The molecule has 0 atom stereocenters. The van der Waals surface area contributed by atoms with E-state index in [2.05, 4.69) is 11.9 Å². The maximum Gasteiger partial charge on any atom is 0.126 e. The number of methoxy groups -OCH3 is 2. The lowest BCUT2D eigenvalue weighted by Gasteiger charge is -2.13. The summed E-state index contributed by atoms with van der Waals surface area (Å²) in [5.41, 5.74) is 3.08. The summed E-state index contributed by atoms with van der Waals surface area (Å²) in [6.45, 7) is 2.15. The van der Waals surface area contributed by atoms with Gasteiger partial charge in [-0.2, -0.15) is 0 Å². The highest BCUT2D eigenvalue weighted by atomic mass is 16.5. The fourth-order valence-corrected chi connectivity index (χ4v) is 2.25. The maximum absolute atomic E-state index is 5.50. The van der Waals surface area contributed by atoms with E-state index in [0.717, 1.165) is 41.2 Å². The Labute approximate surface area is 126 Å². The first kappa shape index (κ1) is 15.1. The number of rotatable bonds is 6. The molecule has 2 aromatic rings. The standard InChI is InChI=1S/C18H21NO2/c1-4-7-16-17(20-2)12-14(13-18(16)21-3)9-10-15-8-5-6-11-19-15/h5-6,8-13H,4,7H2,1-3H3. The minimum absolute atomic E-state index is 0.872. The van der Waals surface area contributed by atoms with Gasteiger partial charge in [0, 0.05) is 11.8 Å². The first-order valence-electron chi connectivity index (χ1n) is 7.12. The smallest absolute Gasteiger partial charge is 0.126 e. The Hall–Kier alpha value is -2.29. The monoisotopic (exact) mass is 283 g/mol. The van der Waals surface area contributed by atoms with Gasteiger partial charge in [-0.15, -0.1) is 0 Å². The summed E-state index contributed by atoms with van der Waals surface area (Å²) in [5, 5.41) is 0. The SMILES string of the molecule is CCCc1c(OC)cc(C=Cc2ccccn2)cc1OC. The first-order chi connectivity index (χ1) is 10.3. The van der Waals surface area contributed by atoms with Crippen molar-refractivity contribution >= 4 is 12.2 Å². The zero-order valence-electron chi connectivity index (χ0n) is 12.8. The minimum atomic E-state index is 0.872. The minimum Gasteiger partial charge on any atom is -0.496 e. The van der Waals surface area contributed by atoms with Crippen molar-refractivity contribution in [2.75, 3.05) is 14.2 Å². The summed E-state index contributed by atoms with van der Waals surface area (Å²) >= 11 is 0. The van der Waals surface area contributed by atoms with E-state index in [4.69, 9.17) is 9.47 Å². The van der Waals surface area contributed by atoms with Gasteiger partial charge in [-0.25, -0.2) is 0 Å². The predicted molar refractivity (Wildman–Crippen MR) is 86.7 cm³/mol. The van der Waals surface area contributed by atoms with Crippen molar-refractivity contribution in [3.8, 4) is 11.5 Å². The second-order valence-corrected chi connectivity index (χ2v) is 4.74. The van der Waals surface area contributed by atoms with Gasteiger partial charge in [0.2, 0.25) is 0 Å². The molecule has 3 nitrogen and oxygen atoms in total. The topological polar surface area (TPSA) is 31.4 Å². The van der Waals surface area contributed by atoms with Gasteiger partial charge in [-0.05, 0) is 42.3 Å². The molecule has 0 aliphatic carbocycles. The Bertz CT molecular complexity index is 581. The maximum atomic E-state index is 5.50. The molecule has 2 rings (SSSR count). The van der Waals surface area contributed by atoms with Crippen LogP contribution in [-0.2, 0) is 6.42 Å². The highest BCUT2D eigenvalue weighted by Crippen LogP contribution is 2.32. The Morgan fingerprint density at radius 1 is 1.05 bits per heavy atom. The molecule has 0 radical (unpaired) electrons. The van der Waals surface area contributed by atoms with E-state index in [1.54, 1.807) is 20.4 Å². The zero-order chi connectivity index (χ0) is 15.1. The quantitative estimate of drug-likeness (QED) is 0.795. The van der Waals surface area contributed by atoms with Crippen molar-refractivity contribution < 1.29 is 9.47 Å². The van der Waals surface area contributed by atoms with Crippen LogP contribution in [0.15, 0.2) is 36.5 Å². The molecule has 3 heteroatoms. The molecule has 0 bridgehead atoms. The highest BCUT2D eigenvalue weighted by molar-refractivity contribution is 5.70. The molecule has 1 aromatic heterocycles. The van der Waals surface area contributed by atoms with Gasteiger partial charge < -0.3 is 9.47 Å². The number of aromatic nitrogens is 1. The Kier molecular flexibility index (Phi) is 5.38. The van der Waals surface area contributed by atoms with Crippen LogP contribution in [0.1, 0.15) is 30.2 Å². The number of nitrogens with zero attached hydrogens (tertiary/aromatic N) is 1. The molecule has 0 unspecified atom stereocenters. The van der Waals surface area contributed by atoms with Crippen LogP contribution in [0.4, 0.5) is 0 Å². The van der Waals surface area contributed by atoms with E-state index < -0.39 is 0 Å². The van der Waals surface area contributed by atoms with Crippen molar-refractivity contribution in [3.05, 3.63) is 53.3 Å². The zero-order valence-corrected chi connectivity index (χ0v) is 12.8. The third-order valence-corrected chi connectivity index (χ3v) is 3.26. The third kappa shape index (κ3) is 3.85.